The lowest BCUT2D eigenvalue weighted by Crippen LogP contribution is -2.32. The summed E-state index contributed by atoms with van der Waals surface area (Å²) in [6, 6.07) is 8.47. The van der Waals surface area contributed by atoms with Gasteiger partial charge in [0.25, 0.3) is 0 Å². The first-order valence-corrected chi connectivity index (χ1v) is 6.58. The predicted octanol–water partition coefficient (Wildman–Crippen LogP) is 2.87. The molecular formula is C13H21BrN2. The van der Waals surface area contributed by atoms with Gasteiger partial charge in [-0.2, -0.15) is 0 Å². The second-order valence-corrected chi connectivity index (χ2v) is 5.46. The van der Waals surface area contributed by atoms with Gasteiger partial charge >= 0.3 is 0 Å². The van der Waals surface area contributed by atoms with Crippen molar-refractivity contribution >= 4 is 15.9 Å². The van der Waals surface area contributed by atoms with Gasteiger partial charge in [-0.1, -0.05) is 41.9 Å². The Balaban J connectivity index is 2.60. The quantitative estimate of drug-likeness (QED) is 0.871. The third-order valence-corrected chi connectivity index (χ3v) is 2.86. The van der Waals surface area contributed by atoms with Crippen LogP contribution in [0.1, 0.15) is 19.4 Å². The van der Waals surface area contributed by atoms with E-state index in [1.165, 1.54) is 5.56 Å². The minimum absolute atomic E-state index is 0.679. The van der Waals surface area contributed by atoms with E-state index in [4.69, 9.17) is 5.73 Å². The zero-order valence-electron chi connectivity index (χ0n) is 10.1. The van der Waals surface area contributed by atoms with E-state index in [1.807, 2.05) is 0 Å². The fourth-order valence-electron chi connectivity index (χ4n) is 1.83. The van der Waals surface area contributed by atoms with Crippen LogP contribution in [0.15, 0.2) is 28.7 Å². The first kappa shape index (κ1) is 13.7. The van der Waals surface area contributed by atoms with E-state index >= 15 is 0 Å². The van der Waals surface area contributed by atoms with E-state index in [-0.39, 0.29) is 0 Å². The molecule has 0 saturated heterocycles. The van der Waals surface area contributed by atoms with Gasteiger partial charge in [-0.25, -0.2) is 0 Å². The van der Waals surface area contributed by atoms with Crippen LogP contribution in [-0.2, 0) is 6.54 Å². The fraction of sp³-hybridized carbons (Fsp3) is 0.538. The summed E-state index contributed by atoms with van der Waals surface area (Å²) >= 11 is 3.50. The van der Waals surface area contributed by atoms with E-state index in [2.05, 4.69) is 58.9 Å². The standard InChI is InChI=1S/C13H21BrN2/c1-11(2)9-16(7-6-15)10-12-4-3-5-13(14)8-12/h3-5,8,11H,6-7,9-10,15H2,1-2H3. The molecule has 0 fully saturated rings. The minimum Gasteiger partial charge on any atom is -0.329 e. The van der Waals surface area contributed by atoms with Gasteiger partial charge in [0.05, 0.1) is 0 Å². The maximum absolute atomic E-state index is 5.64. The number of benzene rings is 1. The zero-order chi connectivity index (χ0) is 12.0. The third-order valence-electron chi connectivity index (χ3n) is 2.36. The molecule has 0 atom stereocenters. The summed E-state index contributed by atoms with van der Waals surface area (Å²) in [5.41, 5.74) is 6.97. The lowest BCUT2D eigenvalue weighted by molar-refractivity contribution is 0.242. The highest BCUT2D eigenvalue weighted by Gasteiger charge is 2.07. The van der Waals surface area contributed by atoms with Crippen molar-refractivity contribution in [1.82, 2.24) is 4.90 Å². The summed E-state index contributed by atoms with van der Waals surface area (Å²) in [7, 11) is 0. The van der Waals surface area contributed by atoms with Crippen molar-refractivity contribution in [3.8, 4) is 0 Å². The largest absolute Gasteiger partial charge is 0.329 e. The highest BCUT2D eigenvalue weighted by atomic mass is 79.9. The number of hydrogen-bond acceptors (Lipinski definition) is 2. The zero-order valence-corrected chi connectivity index (χ0v) is 11.7. The van der Waals surface area contributed by atoms with Crippen molar-refractivity contribution in [3.63, 3.8) is 0 Å². The van der Waals surface area contributed by atoms with Crippen molar-refractivity contribution in [1.29, 1.82) is 0 Å². The molecule has 0 aromatic heterocycles. The third kappa shape index (κ3) is 5.10. The molecule has 2 nitrogen and oxygen atoms in total. The van der Waals surface area contributed by atoms with E-state index in [0.29, 0.717) is 5.92 Å². The molecule has 1 aromatic carbocycles. The first-order chi connectivity index (χ1) is 7.61. The van der Waals surface area contributed by atoms with Crippen LogP contribution in [-0.4, -0.2) is 24.5 Å². The maximum Gasteiger partial charge on any atom is 0.0234 e. The minimum atomic E-state index is 0.679. The Hall–Kier alpha value is -0.380. The SMILES string of the molecule is CC(C)CN(CCN)Cc1cccc(Br)c1. The van der Waals surface area contributed by atoms with Gasteiger partial charge in [0.2, 0.25) is 0 Å². The summed E-state index contributed by atoms with van der Waals surface area (Å²) in [6.45, 7) is 8.25. The van der Waals surface area contributed by atoms with Gasteiger partial charge in [0, 0.05) is 30.7 Å². The summed E-state index contributed by atoms with van der Waals surface area (Å²) in [5.74, 6) is 0.679. The van der Waals surface area contributed by atoms with E-state index in [9.17, 15) is 0 Å². The molecule has 0 unspecified atom stereocenters. The molecule has 0 bridgehead atoms. The number of hydrogen-bond donors (Lipinski definition) is 1. The molecular weight excluding hydrogens is 264 g/mol. The highest BCUT2D eigenvalue weighted by molar-refractivity contribution is 9.10. The molecule has 3 heteroatoms. The Kier molecular flexibility index (Phi) is 6.03. The van der Waals surface area contributed by atoms with Crippen LogP contribution in [0.4, 0.5) is 0 Å². The Morgan fingerprint density at radius 2 is 2.12 bits per heavy atom. The normalized spacial score (nSPS) is 11.4. The van der Waals surface area contributed by atoms with Crippen LogP contribution in [0.25, 0.3) is 0 Å². The second-order valence-electron chi connectivity index (χ2n) is 4.55. The summed E-state index contributed by atoms with van der Waals surface area (Å²) in [5, 5.41) is 0. The molecule has 90 valence electrons. The molecule has 2 N–H and O–H groups in total. The number of rotatable bonds is 6. The van der Waals surface area contributed by atoms with Crippen molar-refractivity contribution in [2.75, 3.05) is 19.6 Å². The average molecular weight is 285 g/mol. The van der Waals surface area contributed by atoms with Gasteiger partial charge in [-0.3, -0.25) is 4.90 Å². The molecule has 0 aliphatic heterocycles. The molecule has 1 aromatic rings. The Morgan fingerprint density at radius 1 is 1.38 bits per heavy atom. The maximum atomic E-state index is 5.64. The predicted molar refractivity (Wildman–Crippen MR) is 73.3 cm³/mol. The van der Waals surface area contributed by atoms with Gasteiger partial charge in [-0.05, 0) is 23.6 Å². The van der Waals surface area contributed by atoms with Crippen LogP contribution < -0.4 is 5.73 Å². The second kappa shape index (κ2) is 7.05. The Bertz CT molecular complexity index is 313. The molecule has 0 saturated carbocycles. The Morgan fingerprint density at radius 3 is 2.69 bits per heavy atom. The molecule has 0 aliphatic rings. The molecule has 0 aliphatic carbocycles. The van der Waals surface area contributed by atoms with Gasteiger partial charge in [0.15, 0.2) is 0 Å². The van der Waals surface area contributed by atoms with Crippen LogP contribution in [0, 0.1) is 5.92 Å². The summed E-state index contributed by atoms with van der Waals surface area (Å²) < 4.78 is 1.14. The smallest absolute Gasteiger partial charge is 0.0234 e. The van der Waals surface area contributed by atoms with Gasteiger partial charge in [0.1, 0.15) is 0 Å². The molecule has 16 heavy (non-hydrogen) atoms. The topological polar surface area (TPSA) is 29.3 Å². The number of nitrogens with two attached hydrogens (primary N) is 1. The monoisotopic (exact) mass is 284 g/mol. The van der Waals surface area contributed by atoms with Crippen molar-refractivity contribution in [3.05, 3.63) is 34.3 Å². The van der Waals surface area contributed by atoms with Gasteiger partial charge < -0.3 is 5.73 Å². The molecule has 1 rings (SSSR count). The molecule has 0 amide bonds. The van der Waals surface area contributed by atoms with E-state index in [0.717, 1.165) is 30.7 Å². The van der Waals surface area contributed by atoms with Crippen LogP contribution in [0.2, 0.25) is 0 Å². The fourth-order valence-corrected chi connectivity index (χ4v) is 2.27. The van der Waals surface area contributed by atoms with Crippen molar-refractivity contribution in [2.45, 2.75) is 20.4 Å². The molecule has 0 spiro atoms. The van der Waals surface area contributed by atoms with Crippen molar-refractivity contribution in [2.24, 2.45) is 11.7 Å². The first-order valence-electron chi connectivity index (χ1n) is 5.78. The number of nitrogens with zero attached hydrogens (tertiary/aromatic N) is 1. The molecule has 0 heterocycles. The van der Waals surface area contributed by atoms with E-state index in [1.54, 1.807) is 0 Å². The van der Waals surface area contributed by atoms with Crippen LogP contribution in [0.3, 0.4) is 0 Å². The van der Waals surface area contributed by atoms with Crippen LogP contribution >= 0.6 is 15.9 Å². The van der Waals surface area contributed by atoms with Crippen molar-refractivity contribution < 1.29 is 0 Å². The van der Waals surface area contributed by atoms with Crippen LogP contribution in [0.5, 0.6) is 0 Å². The lowest BCUT2D eigenvalue weighted by Gasteiger charge is -2.23. The van der Waals surface area contributed by atoms with E-state index < -0.39 is 0 Å². The lowest BCUT2D eigenvalue weighted by atomic mass is 10.1. The Labute approximate surface area is 107 Å². The van der Waals surface area contributed by atoms with Gasteiger partial charge in [-0.15, -0.1) is 0 Å². The molecule has 0 radical (unpaired) electrons. The summed E-state index contributed by atoms with van der Waals surface area (Å²) in [4.78, 5) is 2.41. The summed E-state index contributed by atoms with van der Waals surface area (Å²) in [6.07, 6.45) is 0. The highest BCUT2D eigenvalue weighted by Crippen LogP contribution is 2.14. The average Bonchev–Trinajstić information content (AvgIpc) is 2.16. The number of halogens is 1.